The third kappa shape index (κ3) is 4.16. The minimum atomic E-state index is -1.21. The monoisotopic (exact) mass is 548 g/mol. The molecular formula is C21H19ClN7O5S2+. The number of thioether (sulfide) groups is 1. The minimum absolute atomic E-state index is 0.0823. The van der Waals surface area contributed by atoms with E-state index in [1.165, 1.54) is 23.8 Å². The molecule has 15 heteroatoms. The molecule has 2 aliphatic heterocycles. The van der Waals surface area contributed by atoms with Crippen molar-refractivity contribution in [1.29, 1.82) is 0 Å². The molecule has 3 aromatic rings. The number of nitrogens with two attached hydrogens (primary N) is 1. The number of aliphatic carboxylic acids is 1. The topological polar surface area (TPSA) is 156 Å². The Kier molecular flexibility index (Phi) is 6.32. The fourth-order valence-electron chi connectivity index (χ4n) is 4.08. The molecule has 36 heavy (non-hydrogen) atoms. The van der Waals surface area contributed by atoms with Crippen molar-refractivity contribution in [3.63, 3.8) is 0 Å². The summed E-state index contributed by atoms with van der Waals surface area (Å²) in [5.41, 5.74) is 6.98. The molecule has 12 nitrogen and oxygen atoms in total. The summed E-state index contributed by atoms with van der Waals surface area (Å²) >= 11 is 8.72. The third-order valence-corrected chi connectivity index (χ3v) is 8.02. The molecule has 0 spiro atoms. The van der Waals surface area contributed by atoms with Gasteiger partial charge in [0.05, 0.1) is 11.2 Å². The number of anilines is 1. The summed E-state index contributed by atoms with van der Waals surface area (Å²) in [6.07, 6.45) is 7.25. The molecule has 5 rings (SSSR count). The largest absolute Gasteiger partial charge is 0.477 e. The summed E-state index contributed by atoms with van der Waals surface area (Å²) < 4.78 is 3.67. The first kappa shape index (κ1) is 24.1. The van der Waals surface area contributed by atoms with Crippen LogP contribution in [0, 0.1) is 0 Å². The molecule has 4 N–H and O–H groups in total. The number of hydrogen-bond donors (Lipinski definition) is 3. The van der Waals surface area contributed by atoms with Crippen LogP contribution >= 0.6 is 34.7 Å². The minimum Gasteiger partial charge on any atom is -0.477 e. The highest BCUT2D eigenvalue weighted by Crippen LogP contribution is 2.40. The van der Waals surface area contributed by atoms with Crippen molar-refractivity contribution in [2.45, 2.75) is 18.0 Å². The number of rotatable bonds is 7. The van der Waals surface area contributed by atoms with Crippen LogP contribution in [0.5, 0.6) is 0 Å². The van der Waals surface area contributed by atoms with Gasteiger partial charge in [-0.2, -0.15) is 4.57 Å². The number of hydrogen-bond acceptors (Lipinski definition) is 9. The molecule has 0 radical (unpaired) electrons. The first-order valence-electron chi connectivity index (χ1n) is 10.5. The Balaban J connectivity index is 1.36. The molecule has 2 amide bonds. The maximum Gasteiger partial charge on any atom is 0.352 e. The Bertz CT molecular complexity index is 1470. The van der Waals surface area contributed by atoms with Gasteiger partial charge in [-0.15, -0.1) is 23.1 Å². The number of fused-ring (bicyclic) bond motifs is 2. The van der Waals surface area contributed by atoms with Gasteiger partial charge in [0.15, 0.2) is 29.8 Å². The van der Waals surface area contributed by atoms with Gasteiger partial charge in [0.1, 0.15) is 35.4 Å². The number of aromatic nitrogens is 3. The van der Waals surface area contributed by atoms with Crippen molar-refractivity contribution in [2.75, 3.05) is 18.6 Å². The van der Waals surface area contributed by atoms with E-state index in [2.05, 4.69) is 15.5 Å². The molecule has 0 aliphatic carbocycles. The number of carbonyl (C=O) groups excluding carboxylic acids is 2. The molecule has 186 valence electrons. The number of halogens is 1. The molecular weight excluding hydrogens is 530 g/mol. The van der Waals surface area contributed by atoms with Crippen LogP contribution in [-0.2, 0) is 25.8 Å². The van der Waals surface area contributed by atoms with Gasteiger partial charge in [-0.1, -0.05) is 16.8 Å². The summed E-state index contributed by atoms with van der Waals surface area (Å²) in [6, 6.07) is 0.837. The molecule has 0 bridgehead atoms. The van der Waals surface area contributed by atoms with E-state index in [4.69, 9.17) is 22.2 Å². The van der Waals surface area contributed by atoms with E-state index >= 15 is 0 Å². The Hall–Kier alpha value is -3.62. The van der Waals surface area contributed by atoms with Gasteiger partial charge in [-0.25, -0.2) is 9.78 Å². The lowest BCUT2D eigenvalue weighted by Crippen LogP contribution is -2.71. The van der Waals surface area contributed by atoms with Gasteiger partial charge in [0, 0.05) is 22.9 Å². The molecule has 1 fully saturated rings. The lowest BCUT2D eigenvalue weighted by atomic mass is 10.0. The van der Waals surface area contributed by atoms with Gasteiger partial charge in [0.2, 0.25) is 0 Å². The Morgan fingerprint density at radius 3 is 2.94 bits per heavy atom. The van der Waals surface area contributed by atoms with Crippen molar-refractivity contribution in [1.82, 2.24) is 19.6 Å². The number of carboxylic acids is 1. The zero-order chi connectivity index (χ0) is 25.6. The lowest BCUT2D eigenvalue weighted by Gasteiger charge is -2.49. The van der Waals surface area contributed by atoms with Gasteiger partial charge < -0.3 is 25.4 Å². The van der Waals surface area contributed by atoms with Crippen LogP contribution < -0.4 is 15.6 Å². The summed E-state index contributed by atoms with van der Waals surface area (Å²) in [5.74, 6) is -2.06. The fraction of sp³-hybridized carbons (Fsp3) is 0.238. The summed E-state index contributed by atoms with van der Waals surface area (Å²) in [6.45, 7) is 0.260. The second kappa shape index (κ2) is 9.44. The van der Waals surface area contributed by atoms with E-state index in [1.807, 2.05) is 27.6 Å². The number of nitrogens with one attached hydrogen (secondary N) is 1. The standard InChI is InChI=1S/C21H18ClN7O5S2/c1-34-26-14(12-9-36-21(23)24-12)17(30)25-15-18(31)29-16(20(32)33)10(8-35-19(15)29)6-27-4-5-28-3-2-11(22)13(28)7-27/h2-5,7,9,15,19H,6,8H2,1H3,(H3-,23,24,25,30,32,33)/p+1/t15-,19+/m1/s1. The quantitative estimate of drug-likeness (QED) is 0.169. The van der Waals surface area contributed by atoms with E-state index in [-0.39, 0.29) is 28.8 Å². The van der Waals surface area contributed by atoms with Gasteiger partial charge in [-0.3, -0.25) is 14.5 Å². The number of thiazole rings is 1. The molecule has 2 aliphatic rings. The number of nitrogen functional groups attached to an aromatic ring is 1. The Labute approximate surface area is 217 Å². The third-order valence-electron chi connectivity index (χ3n) is 5.68. The van der Waals surface area contributed by atoms with Gasteiger partial charge in [0.25, 0.3) is 11.8 Å². The number of β-lactam (4-membered cyclic amide) rings is 1. The number of nitrogens with zero attached hydrogens (tertiary/aromatic N) is 5. The second-order valence-corrected chi connectivity index (χ2v) is 10.3. The van der Waals surface area contributed by atoms with E-state index in [1.54, 1.807) is 17.6 Å². The van der Waals surface area contributed by atoms with E-state index in [9.17, 15) is 19.5 Å². The number of carboxylic acid groups (broad SMARTS) is 1. The van der Waals surface area contributed by atoms with Crippen LogP contribution in [0.15, 0.2) is 52.7 Å². The Morgan fingerprint density at radius 1 is 1.44 bits per heavy atom. The Morgan fingerprint density at radius 2 is 2.25 bits per heavy atom. The van der Waals surface area contributed by atoms with Crippen LogP contribution in [0.3, 0.4) is 0 Å². The van der Waals surface area contributed by atoms with Gasteiger partial charge in [-0.05, 0) is 6.07 Å². The van der Waals surface area contributed by atoms with Crippen LogP contribution in [0.1, 0.15) is 5.69 Å². The fourth-order valence-corrected chi connectivity index (χ4v) is 6.16. The normalized spacial score (nSPS) is 19.8. The van der Waals surface area contributed by atoms with E-state index in [0.717, 1.165) is 16.9 Å². The maximum absolute atomic E-state index is 13.0. The highest BCUT2D eigenvalue weighted by molar-refractivity contribution is 8.00. The summed E-state index contributed by atoms with van der Waals surface area (Å²) in [5, 5.41) is 18.1. The SMILES string of the molecule is CON=C(C(=O)N[C@@H]1C(=O)N2C(C(=O)O)=C(C[n+]3ccn4ccc(Cl)c4c3)CS[C@@H]12)c1csc(N)n1. The van der Waals surface area contributed by atoms with E-state index in [0.29, 0.717) is 16.3 Å². The molecule has 2 atom stereocenters. The first-order valence-corrected chi connectivity index (χ1v) is 12.8. The summed E-state index contributed by atoms with van der Waals surface area (Å²) in [4.78, 5) is 48.1. The maximum atomic E-state index is 13.0. The second-order valence-electron chi connectivity index (χ2n) is 7.87. The first-order chi connectivity index (χ1) is 17.3. The zero-order valence-electron chi connectivity index (χ0n) is 18.6. The van der Waals surface area contributed by atoms with Gasteiger partial charge >= 0.3 is 5.97 Å². The highest BCUT2D eigenvalue weighted by atomic mass is 35.5. The van der Waals surface area contributed by atoms with Crippen LogP contribution in [0.25, 0.3) is 5.52 Å². The number of carbonyl (C=O) groups is 3. The van der Waals surface area contributed by atoms with Crippen molar-refractivity contribution >= 4 is 68.8 Å². The van der Waals surface area contributed by atoms with Crippen molar-refractivity contribution < 1.29 is 28.9 Å². The van der Waals surface area contributed by atoms with Crippen LogP contribution in [0.2, 0.25) is 5.02 Å². The molecule has 3 aromatic heterocycles. The molecule has 0 aromatic carbocycles. The molecule has 0 saturated carbocycles. The molecule has 5 heterocycles. The molecule has 1 saturated heterocycles. The van der Waals surface area contributed by atoms with E-state index < -0.39 is 29.2 Å². The van der Waals surface area contributed by atoms with Crippen molar-refractivity contribution in [3.8, 4) is 0 Å². The van der Waals surface area contributed by atoms with Crippen molar-refractivity contribution in [2.24, 2.45) is 5.16 Å². The lowest BCUT2D eigenvalue weighted by molar-refractivity contribution is -0.688. The van der Waals surface area contributed by atoms with Crippen molar-refractivity contribution in [3.05, 3.63) is 58.2 Å². The number of amides is 2. The average Bonchev–Trinajstić information content (AvgIpc) is 3.45. The summed E-state index contributed by atoms with van der Waals surface area (Å²) in [7, 11) is 1.28. The average molecular weight is 549 g/mol. The smallest absolute Gasteiger partial charge is 0.352 e. The molecule has 0 unspecified atom stereocenters. The predicted octanol–water partition coefficient (Wildman–Crippen LogP) is 0.708. The highest BCUT2D eigenvalue weighted by Gasteiger charge is 2.54. The number of oxime groups is 1. The zero-order valence-corrected chi connectivity index (χ0v) is 21.0. The predicted molar refractivity (Wildman–Crippen MR) is 132 cm³/mol. The van der Waals surface area contributed by atoms with Crippen LogP contribution in [-0.4, -0.2) is 67.2 Å². The van der Waals surface area contributed by atoms with Crippen LogP contribution in [0.4, 0.5) is 5.13 Å².